The summed E-state index contributed by atoms with van der Waals surface area (Å²) in [7, 11) is -2.20. The maximum Gasteiger partial charge on any atom is 0.247 e. The van der Waals surface area contributed by atoms with Crippen LogP contribution < -0.4 is 4.74 Å². The SMILES string of the molecule is CCN(Cc1cnc2ccccn12)S(=O)(=O)c1ccccc1OC. The molecule has 0 aliphatic heterocycles. The fraction of sp³-hybridized carbons (Fsp3) is 0.235. The van der Waals surface area contributed by atoms with E-state index >= 15 is 0 Å². The van der Waals surface area contributed by atoms with E-state index in [1.165, 1.54) is 11.4 Å². The summed E-state index contributed by atoms with van der Waals surface area (Å²) in [4.78, 5) is 4.48. The summed E-state index contributed by atoms with van der Waals surface area (Å²) in [5, 5.41) is 0. The zero-order valence-electron chi connectivity index (χ0n) is 13.6. The molecule has 0 unspecified atom stereocenters. The van der Waals surface area contributed by atoms with Gasteiger partial charge in [0, 0.05) is 12.7 Å². The average molecular weight is 345 g/mol. The molecule has 2 heterocycles. The van der Waals surface area contributed by atoms with E-state index in [0.29, 0.717) is 12.3 Å². The van der Waals surface area contributed by atoms with E-state index in [0.717, 1.165) is 11.3 Å². The maximum atomic E-state index is 13.0. The summed E-state index contributed by atoms with van der Waals surface area (Å²) in [6.45, 7) is 2.40. The van der Waals surface area contributed by atoms with Crippen molar-refractivity contribution >= 4 is 15.7 Å². The minimum absolute atomic E-state index is 0.170. The molecule has 24 heavy (non-hydrogen) atoms. The number of hydrogen-bond donors (Lipinski definition) is 0. The number of para-hydroxylation sites is 1. The lowest BCUT2D eigenvalue weighted by Gasteiger charge is -2.21. The Bertz CT molecular complexity index is 950. The Morgan fingerprint density at radius 3 is 2.67 bits per heavy atom. The van der Waals surface area contributed by atoms with E-state index in [1.54, 1.807) is 30.5 Å². The molecule has 0 bridgehead atoms. The van der Waals surface area contributed by atoms with E-state index in [2.05, 4.69) is 4.98 Å². The molecule has 0 fully saturated rings. The summed E-state index contributed by atoms with van der Waals surface area (Å²) in [5.74, 6) is 0.342. The zero-order valence-corrected chi connectivity index (χ0v) is 14.4. The molecule has 7 heteroatoms. The first-order valence-corrected chi connectivity index (χ1v) is 9.06. The summed E-state index contributed by atoms with van der Waals surface area (Å²) < 4.78 is 34.6. The van der Waals surface area contributed by atoms with Crippen LogP contribution in [0.3, 0.4) is 0 Å². The van der Waals surface area contributed by atoms with Crippen molar-refractivity contribution in [2.24, 2.45) is 0 Å². The van der Waals surface area contributed by atoms with Crippen molar-refractivity contribution in [3.05, 3.63) is 60.6 Å². The second-order valence-electron chi connectivity index (χ2n) is 5.26. The Hall–Kier alpha value is -2.38. The molecule has 0 aliphatic rings. The van der Waals surface area contributed by atoms with Crippen LogP contribution in [0.1, 0.15) is 12.6 Å². The third kappa shape index (κ3) is 2.88. The van der Waals surface area contributed by atoms with Gasteiger partial charge in [-0.1, -0.05) is 25.1 Å². The number of ether oxygens (including phenoxy) is 1. The molecule has 0 radical (unpaired) electrons. The van der Waals surface area contributed by atoms with Gasteiger partial charge in [0.15, 0.2) is 0 Å². The molecular formula is C17H19N3O3S. The van der Waals surface area contributed by atoms with Crippen molar-refractivity contribution in [1.29, 1.82) is 0 Å². The van der Waals surface area contributed by atoms with Crippen LogP contribution in [0.25, 0.3) is 5.65 Å². The second-order valence-corrected chi connectivity index (χ2v) is 7.17. The molecule has 0 atom stereocenters. The van der Waals surface area contributed by atoms with Crippen molar-refractivity contribution < 1.29 is 13.2 Å². The van der Waals surface area contributed by atoms with Crippen LogP contribution >= 0.6 is 0 Å². The predicted molar refractivity (Wildman–Crippen MR) is 91.5 cm³/mol. The highest BCUT2D eigenvalue weighted by molar-refractivity contribution is 7.89. The van der Waals surface area contributed by atoms with Crippen molar-refractivity contribution in [2.45, 2.75) is 18.4 Å². The average Bonchev–Trinajstić information content (AvgIpc) is 3.02. The van der Waals surface area contributed by atoms with Gasteiger partial charge in [-0.15, -0.1) is 0 Å². The van der Waals surface area contributed by atoms with E-state index in [1.807, 2.05) is 35.7 Å². The lowest BCUT2D eigenvalue weighted by Crippen LogP contribution is -2.31. The predicted octanol–water partition coefficient (Wildman–Crippen LogP) is 2.55. The minimum Gasteiger partial charge on any atom is -0.495 e. The van der Waals surface area contributed by atoms with Gasteiger partial charge in [0.25, 0.3) is 0 Å². The Morgan fingerprint density at radius 2 is 1.92 bits per heavy atom. The highest BCUT2D eigenvalue weighted by atomic mass is 32.2. The van der Waals surface area contributed by atoms with Gasteiger partial charge in [0.05, 0.1) is 25.5 Å². The van der Waals surface area contributed by atoms with Crippen LogP contribution in [0, 0.1) is 0 Å². The highest BCUT2D eigenvalue weighted by Gasteiger charge is 2.27. The third-order valence-corrected chi connectivity index (χ3v) is 5.83. The van der Waals surface area contributed by atoms with Crippen LogP contribution in [0.15, 0.2) is 59.8 Å². The van der Waals surface area contributed by atoms with Crippen LogP contribution in [-0.2, 0) is 16.6 Å². The van der Waals surface area contributed by atoms with E-state index in [-0.39, 0.29) is 11.4 Å². The molecule has 2 aromatic heterocycles. The quantitative estimate of drug-likeness (QED) is 0.689. The van der Waals surface area contributed by atoms with Gasteiger partial charge in [-0.05, 0) is 24.3 Å². The second kappa shape index (κ2) is 6.62. The number of methoxy groups -OCH3 is 1. The molecule has 126 valence electrons. The number of imidazole rings is 1. The van der Waals surface area contributed by atoms with Crippen molar-refractivity contribution in [1.82, 2.24) is 13.7 Å². The molecule has 0 aliphatic carbocycles. The number of nitrogens with zero attached hydrogens (tertiary/aromatic N) is 3. The van der Waals surface area contributed by atoms with E-state index in [4.69, 9.17) is 4.74 Å². The normalized spacial score (nSPS) is 12.0. The first-order chi connectivity index (χ1) is 11.6. The zero-order chi connectivity index (χ0) is 17.2. The number of rotatable bonds is 6. The number of pyridine rings is 1. The standard InChI is InChI=1S/C17H19N3O3S/c1-3-19(13-14-12-18-17-10-6-7-11-20(14)17)24(21,22)16-9-5-4-8-15(16)23-2/h4-12H,3,13H2,1-2H3. The van der Waals surface area contributed by atoms with Crippen molar-refractivity contribution in [3.8, 4) is 5.75 Å². The molecule has 3 aromatic rings. The van der Waals surface area contributed by atoms with Crippen molar-refractivity contribution in [2.75, 3.05) is 13.7 Å². The molecule has 0 saturated carbocycles. The Kier molecular flexibility index (Phi) is 4.55. The third-order valence-electron chi connectivity index (χ3n) is 3.87. The van der Waals surface area contributed by atoms with Crippen molar-refractivity contribution in [3.63, 3.8) is 0 Å². The van der Waals surface area contributed by atoms with Gasteiger partial charge in [-0.25, -0.2) is 13.4 Å². The van der Waals surface area contributed by atoms with Gasteiger partial charge in [-0.3, -0.25) is 0 Å². The summed E-state index contributed by atoms with van der Waals surface area (Å²) in [5.41, 5.74) is 1.60. The molecule has 0 amide bonds. The number of sulfonamides is 1. The first kappa shape index (κ1) is 16.5. The lowest BCUT2D eigenvalue weighted by atomic mass is 10.3. The molecule has 6 nitrogen and oxygen atoms in total. The van der Waals surface area contributed by atoms with Gasteiger partial charge in [0.2, 0.25) is 10.0 Å². The number of benzene rings is 1. The Labute approximate surface area is 141 Å². The highest BCUT2D eigenvalue weighted by Crippen LogP contribution is 2.27. The van der Waals surface area contributed by atoms with E-state index in [9.17, 15) is 8.42 Å². The molecule has 0 saturated heterocycles. The number of hydrogen-bond acceptors (Lipinski definition) is 4. The number of aromatic nitrogens is 2. The lowest BCUT2D eigenvalue weighted by molar-refractivity contribution is 0.390. The first-order valence-electron chi connectivity index (χ1n) is 7.62. The van der Waals surface area contributed by atoms with Crippen LogP contribution in [-0.4, -0.2) is 35.8 Å². The van der Waals surface area contributed by atoms with E-state index < -0.39 is 10.0 Å². The fourth-order valence-corrected chi connectivity index (χ4v) is 4.20. The Balaban J connectivity index is 1.99. The topological polar surface area (TPSA) is 63.9 Å². The van der Waals surface area contributed by atoms with Crippen LogP contribution in [0.4, 0.5) is 0 Å². The number of fused-ring (bicyclic) bond motifs is 1. The van der Waals surface area contributed by atoms with Gasteiger partial charge >= 0.3 is 0 Å². The molecule has 1 aromatic carbocycles. The molecule has 0 N–H and O–H groups in total. The fourth-order valence-electron chi connectivity index (χ4n) is 2.62. The Morgan fingerprint density at radius 1 is 1.17 bits per heavy atom. The largest absolute Gasteiger partial charge is 0.495 e. The summed E-state index contributed by atoms with van der Waals surface area (Å²) in [6, 6.07) is 12.3. The van der Waals surface area contributed by atoms with Gasteiger partial charge < -0.3 is 9.14 Å². The summed E-state index contributed by atoms with van der Waals surface area (Å²) in [6.07, 6.45) is 3.58. The minimum atomic E-state index is -3.67. The molecular weight excluding hydrogens is 326 g/mol. The van der Waals surface area contributed by atoms with Gasteiger partial charge in [0.1, 0.15) is 16.3 Å². The summed E-state index contributed by atoms with van der Waals surface area (Å²) >= 11 is 0. The van der Waals surface area contributed by atoms with Gasteiger partial charge in [-0.2, -0.15) is 4.31 Å². The smallest absolute Gasteiger partial charge is 0.247 e. The van der Waals surface area contributed by atoms with Crippen LogP contribution in [0.5, 0.6) is 5.75 Å². The maximum absolute atomic E-state index is 13.0. The molecule has 3 rings (SSSR count). The molecule has 0 spiro atoms. The monoisotopic (exact) mass is 345 g/mol. The van der Waals surface area contributed by atoms with Crippen LogP contribution in [0.2, 0.25) is 0 Å².